The molecule has 1 aromatic heterocycles. The zero-order valence-electron chi connectivity index (χ0n) is 13.4. The fourth-order valence-corrected chi connectivity index (χ4v) is 2.41. The Labute approximate surface area is 130 Å². The normalized spacial score (nSPS) is 16.9. The first-order valence-electron chi connectivity index (χ1n) is 7.62. The van der Waals surface area contributed by atoms with Gasteiger partial charge in [-0.15, -0.1) is 0 Å². The Hall–Kier alpha value is -2.11. The second kappa shape index (κ2) is 6.77. The smallest absolute Gasteiger partial charge is 0.289 e. The van der Waals surface area contributed by atoms with Crippen LogP contribution in [0, 0.1) is 0 Å². The van der Waals surface area contributed by atoms with Gasteiger partial charge in [-0.05, 0) is 20.3 Å². The summed E-state index contributed by atoms with van der Waals surface area (Å²) < 4.78 is 5.70. The van der Waals surface area contributed by atoms with Crippen LogP contribution in [0.2, 0.25) is 0 Å². The molecule has 0 aromatic carbocycles. The molecule has 0 spiro atoms. The highest BCUT2D eigenvalue weighted by molar-refractivity contribution is 6.01. The molecule has 0 atom stereocenters. The number of ether oxygens (including phenoxy) is 1. The highest BCUT2D eigenvalue weighted by Gasteiger charge is 2.33. The van der Waals surface area contributed by atoms with Crippen molar-refractivity contribution < 1.29 is 14.3 Å². The number of carbonyl (C=O) groups is 2. The van der Waals surface area contributed by atoms with Gasteiger partial charge in [-0.1, -0.05) is 13.3 Å². The molecule has 120 valence electrons. The highest BCUT2D eigenvalue weighted by Crippen LogP contribution is 2.26. The van der Waals surface area contributed by atoms with Gasteiger partial charge in [0.2, 0.25) is 0 Å². The van der Waals surface area contributed by atoms with E-state index < -0.39 is 5.60 Å². The van der Waals surface area contributed by atoms with Gasteiger partial charge in [0, 0.05) is 31.4 Å². The average molecular weight is 305 g/mol. The Morgan fingerprint density at radius 2 is 2.27 bits per heavy atom. The van der Waals surface area contributed by atoms with Crippen molar-refractivity contribution in [1.29, 1.82) is 0 Å². The number of nitrogens with one attached hydrogen (secondary N) is 1. The maximum atomic E-state index is 12.7. The third-order valence-corrected chi connectivity index (χ3v) is 3.45. The van der Waals surface area contributed by atoms with E-state index in [1.165, 1.54) is 6.08 Å². The molecule has 1 amide bonds. The summed E-state index contributed by atoms with van der Waals surface area (Å²) in [7, 11) is 0. The van der Waals surface area contributed by atoms with Crippen molar-refractivity contribution in [2.45, 2.75) is 52.2 Å². The zero-order chi connectivity index (χ0) is 16.2. The minimum Gasteiger partial charge on any atom is -0.481 e. The maximum absolute atomic E-state index is 12.7. The van der Waals surface area contributed by atoms with Crippen LogP contribution in [0.5, 0.6) is 0 Å². The van der Waals surface area contributed by atoms with Gasteiger partial charge in [-0.3, -0.25) is 9.59 Å². The van der Waals surface area contributed by atoms with Crippen LogP contribution in [0.15, 0.2) is 24.2 Å². The lowest BCUT2D eigenvalue weighted by Gasteiger charge is -2.32. The summed E-state index contributed by atoms with van der Waals surface area (Å²) in [4.78, 5) is 33.3. The van der Waals surface area contributed by atoms with E-state index in [-0.39, 0.29) is 23.9 Å². The van der Waals surface area contributed by atoms with Crippen molar-refractivity contribution in [2.75, 3.05) is 6.54 Å². The van der Waals surface area contributed by atoms with Gasteiger partial charge in [0.1, 0.15) is 11.4 Å². The molecule has 2 heterocycles. The summed E-state index contributed by atoms with van der Waals surface area (Å²) in [5, 5.41) is 0. The molecule has 6 heteroatoms. The molecular weight excluding hydrogens is 282 g/mol. The van der Waals surface area contributed by atoms with Crippen molar-refractivity contribution in [3.8, 4) is 0 Å². The number of imidazole rings is 1. The molecule has 1 aliphatic rings. The number of allylic oxidation sites excluding steroid dienone is 1. The minimum absolute atomic E-state index is 0.0759. The molecule has 1 aliphatic heterocycles. The molecule has 6 nitrogen and oxygen atoms in total. The molecule has 0 fully saturated rings. The lowest BCUT2D eigenvalue weighted by atomic mass is 9.98. The van der Waals surface area contributed by atoms with Gasteiger partial charge in [0.05, 0.1) is 6.54 Å². The molecular formula is C16H23N3O3. The van der Waals surface area contributed by atoms with E-state index in [9.17, 15) is 9.59 Å². The number of amides is 1. The largest absolute Gasteiger partial charge is 0.481 e. The Morgan fingerprint density at radius 1 is 1.50 bits per heavy atom. The van der Waals surface area contributed by atoms with Crippen LogP contribution >= 0.6 is 0 Å². The topological polar surface area (TPSA) is 75.3 Å². The number of aromatic amines is 1. The van der Waals surface area contributed by atoms with Crippen LogP contribution in [-0.4, -0.2) is 38.7 Å². The third kappa shape index (κ3) is 4.19. The Balaban J connectivity index is 2.15. The number of nitrogens with zero attached hydrogens (tertiary/aromatic N) is 2. The van der Waals surface area contributed by atoms with Crippen molar-refractivity contribution in [3.05, 3.63) is 30.1 Å². The van der Waals surface area contributed by atoms with Crippen molar-refractivity contribution in [1.82, 2.24) is 14.9 Å². The predicted molar refractivity (Wildman–Crippen MR) is 81.8 cm³/mol. The SMILES string of the molecule is CCCCN(Cc1ncc[nH]1)C(=O)C1=CC(=O)CC(C)(C)O1. The number of H-pyrrole nitrogens is 1. The average Bonchev–Trinajstić information content (AvgIpc) is 2.93. The molecule has 2 rings (SSSR count). The first-order chi connectivity index (χ1) is 10.4. The van der Waals surface area contributed by atoms with Crippen molar-refractivity contribution in [3.63, 3.8) is 0 Å². The summed E-state index contributed by atoms with van der Waals surface area (Å²) in [6.07, 6.45) is 6.84. The van der Waals surface area contributed by atoms with E-state index in [0.717, 1.165) is 12.8 Å². The van der Waals surface area contributed by atoms with E-state index >= 15 is 0 Å². The molecule has 0 radical (unpaired) electrons. The molecule has 0 aliphatic carbocycles. The molecule has 0 saturated carbocycles. The Kier molecular flexibility index (Phi) is 5.00. The number of carbonyl (C=O) groups excluding carboxylic acids is 2. The summed E-state index contributed by atoms with van der Waals surface area (Å²) in [5.41, 5.74) is -0.641. The molecule has 1 N–H and O–H groups in total. The van der Waals surface area contributed by atoms with Crippen LogP contribution in [-0.2, 0) is 20.9 Å². The van der Waals surface area contributed by atoms with E-state index in [0.29, 0.717) is 18.9 Å². The summed E-state index contributed by atoms with van der Waals surface area (Å²) >= 11 is 0. The van der Waals surface area contributed by atoms with Gasteiger partial charge >= 0.3 is 0 Å². The Morgan fingerprint density at radius 3 is 2.86 bits per heavy atom. The van der Waals surface area contributed by atoms with Gasteiger partial charge < -0.3 is 14.6 Å². The molecule has 22 heavy (non-hydrogen) atoms. The van der Waals surface area contributed by atoms with Crippen LogP contribution in [0.3, 0.4) is 0 Å². The summed E-state index contributed by atoms with van der Waals surface area (Å²) in [5.74, 6) is 0.509. The number of hydrogen-bond donors (Lipinski definition) is 1. The first-order valence-corrected chi connectivity index (χ1v) is 7.62. The maximum Gasteiger partial charge on any atom is 0.289 e. The number of rotatable bonds is 6. The number of ketones is 1. The minimum atomic E-state index is -0.641. The van der Waals surface area contributed by atoms with Gasteiger partial charge in [-0.2, -0.15) is 0 Å². The predicted octanol–water partition coefficient (Wildman–Crippen LogP) is 2.19. The Bertz CT molecular complexity index is 561. The van der Waals surface area contributed by atoms with Gasteiger partial charge in [-0.25, -0.2) is 4.98 Å². The van der Waals surface area contributed by atoms with Crippen molar-refractivity contribution in [2.24, 2.45) is 0 Å². The van der Waals surface area contributed by atoms with E-state index in [2.05, 4.69) is 16.9 Å². The second-order valence-corrected chi connectivity index (χ2v) is 6.13. The molecule has 1 aromatic rings. The zero-order valence-corrected chi connectivity index (χ0v) is 13.4. The number of hydrogen-bond acceptors (Lipinski definition) is 4. The quantitative estimate of drug-likeness (QED) is 0.874. The van der Waals surface area contributed by atoms with E-state index in [4.69, 9.17) is 4.74 Å². The highest BCUT2D eigenvalue weighted by atomic mass is 16.5. The molecule has 0 saturated heterocycles. The van der Waals surface area contributed by atoms with Crippen LogP contribution < -0.4 is 0 Å². The fourth-order valence-electron chi connectivity index (χ4n) is 2.41. The van der Waals surface area contributed by atoms with Gasteiger partial charge in [0.25, 0.3) is 5.91 Å². The van der Waals surface area contributed by atoms with Crippen LogP contribution in [0.1, 0.15) is 45.9 Å². The lowest BCUT2D eigenvalue weighted by molar-refractivity contribution is -0.138. The standard InChI is InChI=1S/C16H23N3O3/c1-4-5-8-19(11-14-17-6-7-18-14)15(21)13-9-12(20)10-16(2,3)22-13/h6-7,9H,4-5,8,10-11H2,1-3H3,(H,17,18). The lowest BCUT2D eigenvalue weighted by Crippen LogP contribution is -2.39. The van der Waals surface area contributed by atoms with Gasteiger partial charge in [0.15, 0.2) is 11.5 Å². The monoisotopic (exact) mass is 305 g/mol. The molecule has 0 unspecified atom stereocenters. The van der Waals surface area contributed by atoms with Crippen molar-refractivity contribution >= 4 is 11.7 Å². The fraction of sp³-hybridized carbons (Fsp3) is 0.562. The molecule has 0 bridgehead atoms. The number of unbranched alkanes of at least 4 members (excludes halogenated alkanes) is 1. The third-order valence-electron chi connectivity index (χ3n) is 3.45. The van der Waals surface area contributed by atoms with E-state index in [1.807, 2.05) is 13.8 Å². The second-order valence-electron chi connectivity index (χ2n) is 6.13. The summed E-state index contributed by atoms with van der Waals surface area (Å²) in [6, 6.07) is 0. The summed E-state index contributed by atoms with van der Waals surface area (Å²) in [6.45, 7) is 6.67. The number of aromatic nitrogens is 2. The first kappa shape index (κ1) is 16.3. The van der Waals surface area contributed by atoms with Crippen LogP contribution in [0.25, 0.3) is 0 Å². The van der Waals surface area contributed by atoms with Crippen LogP contribution in [0.4, 0.5) is 0 Å². The van der Waals surface area contributed by atoms with E-state index in [1.54, 1.807) is 17.3 Å².